The van der Waals surface area contributed by atoms with Gasteiger partial charge in [0.05, 0.1) is 25.2 Å². The first kappa shape index (κ1) is 16.1. The maximum absolute atomic E-state index is 12.5. The van der Waals surface area contributed by atoms with Crippen molar-refractivity contribution in [3.8, 4) is 5.75 Å². The smallest absolute Gasteiger partial charge is 0.313 e. The zero-order chi connectivity index (χ0) is 17.6. The number of fused-ring (bicyclic) bond motifs is 2. The Kier molecular flexibility index (Phi) is 3.78. The van der Waals surface area contributed by atoms with Gasteiger partial charge in [0.15, 0.2) is 0 Å². The first-order valence-corrected chi connectivity index (χ1v) is 8.73. The molecule has 6 heteroatoms. The second-order valence-electron chi connectivity index (χ2n) is 7.09. The molecule has 0 amide bonds. The van der Waals surface area contributed by atoms with Gasteiger partial charge in [-0.05, 0) is 43.9 Å². The molecule has 1 aliphatic carbocycles. The van der Waals surface area contributed by atoms with Crippen LogP contribution in [0.5, 0.6) is 5.75 Å². The van der Waals surface area contributed by atoms with Crippen LogP contribution in [0, 0.1) is 18.3 Å². The third-order valence-electron chi connectivity index (χ3n) is 5.76. The number of carbonyl (C=O) groups is 1. The fourth-order valence-corrected chi connectivity index (χ4v) is 4.56. The number of methoxy groups -OCH3 is 2. The summed E-state index contributed by atoms with van der Waals surface area (Å²) < 4.78 is 10.5. The monoisotopic (exact) mass is 341 g/mol. The summed E-state index contributed by atoms with van der Waals surface area (Å²) in [5.74, 6) is 2.65. The molecule has 4 rings (SSSR count). The molecular weight excluding hydrogens is 318 g/mol. The lowest BCUT2D eigenvalue weighted by Gasteiger charge is -2.26. The molecule has 0 spiro atoms. The molecule has 6 nitrogen and oxygen atoms in total. The number of aromatic nitrogens is 2. The maximum atomic E-state index is 12.5. The third-order valence-corrected chi connectivity index (χ3v) is 5.76. The lowest BCUT2D eigenvalue weighted by molar-refractivity contribution is -0.152. The molecule has 2 aromatic rings. The Bertz CT molecular complexity index is 838. The quantitative estimate of drug-likeness (QED) is 0.800. The number of nitrogens with zero attached hydrogens (tertiary/aromatic N) is 3. The first-order valence-electron chi connectivity index (χ1n) is 8.73. The van der Waals surface area contributed by atoms with Gasteiger partial charge in [-0.3, -0.25) is 4.79 Å². The molecule has 1 saturated carbocycles. The SMILES string of the molecule is COC(=O)C12CCCC1CN(c1nc(C)nc3ccc(OC)cc13)C2. The van der Waals surface area contributed by atoms with Gasteiger partial charge >= 0.3 is 5.97 Å². The van der Waals surface area contributed by atoms with Crippen LogP contribution in [0.3, 0.4) is 0 Å². The van der Waals surface area contributed by atoms with Crippen LogP contribution >= 0.6 is 0 Å². The minimum absolute atomic E-state index is 0.0786. The summed E-state index contributed by atoms with van der Waals surface area (Å²) in [6, 6.07) is 5.84. The number of carbonyl (C=O) groups excluding carboxylic acids is 1. The Morgan fingerprint density at radius 1 is 1.32 bits per heavy atom. The molecule has 2 atom stereocenters. The van der Waals surface area contributed by atoms with Crippen molar-refractivity contribution in [3.05, 3.63) is 24.0 Å². The molecule has 2 unspecified atom stereocenters. The van der Waals surface area contributed by atoms with Gasteiger partial charge in [-0.2, -0.15) is 0 Å². The number of esters is 1. The average Bonchev–Trinajstić information content (AvgIpc) is 3.18. The summed E-state index contributed by atoms with van der Waals surface area (Å²) in [5, 5.41) is 0.963. The summed E-state index contributed by atoms with van der Waals surface area (Å²) in [5.41, 5.74) is 0.506. The number of hydrogen-bond acceptors (Lipinski definition) is 6. The number of rotatable bonds is 3. The standard InChI is InChI=1S/C19H23N3O3/c1-12-20-16-7-6-14(24-2)9-15(16)17(21-12)22-10-13-5-4-8-19(13,11-22)18(23)25-3/h6-7,9,13H,4-5,8,10-11H2,1-3H3. The highest BCUT2D eigenvalue weighted by atomic mass is 16.5. The van der Waals surface area contributed by atoms with Gasteiger partial charge in [0.25, 0.3) is 0 Å². The highest BCUT2D eigenvalue weighted by Crippen LogP contribution is 2.50. The molecule has 0 radical (unpaired) electrons. The molecule has 0 N–H and O–H groups in total. The minimum Gasteiger partial charge on any atom is -0.497 e. The van der Waals surface area contributed by atoms with E-state index < -0.39 is 5.41 Å². The van der Waals surface area contributed by atoms with Crippen molar-refractivity contribution in [1.82, 2.24) is 9.97 Å². The average molecular weight is 341 g/mol. The van der Waals surface area contributed by atoms with Crippen molar-refractivity contribution in [2.45, 2.75) is 26.2 Å². The Labute approximate surface area is 147 Å². The van der Waals surface area contributed by atoms with E-state index in [9.17, 15) is 4.79 Å². The largest absolute Gasteiger partial charge is 0.497 e. The molecule has 2 heterocycles. The number of aryl methyl sites for hydroxylation is 1. The molecule has 1 saturated heterocycles. The van der Waals surface area contributed by atoms with Gasteiger partial charge in [-0.15, -0.1) is 0 Å². The van der Waals surface area contributed by atoms with Crippen LogP contribution in [-0.4, -0.2) is 43.2 Å². The number of ether oxygens (including phenoxy) is 2. The van der Waals surface area contributed by atoms with Crippen LogP contribution in [-0.2, 0) is 9.53 Å². The van der Waals surface area contributed by atoms with Gasteiger partial charge in [0.2, 0.25) is 0 Å². The summed E-state index contributed by atoms with van der Waals surface area (Å²) in [4.78, 5) is 24.0. The normalized spacial score (nSPS) is 25.2. The molecule has 1 aliphatic heterocycles. The number of benzene rings is 1. The van der Waals surface area contributed by atoms with Crippen molar-refractivity contribution in [2.75, 3.05) is 32.2 Å². The molecular formula is C19H23N3O3. The predicted molar refractivity (Wildman–Crippen MR) is 94.8 cm³/mol. The second-order valence-corrected chi connectivity index (χ2v) is 7.09. The van der Waals surface area contributed by atoms with Crippen molar-refractivity contribution < 1.29 is 14.3 Å². The van der Waals surface area contributed by atoms with Crippen molar-refractivity contribution in [1.29, 1.82) is 0 Å². The van der Waals surface area contributed by atoms with E-state index in [0.717, 1.165) is 54.1 Å². The second kappa shape index (κ2) is 5.86. The first-order chi connectivity index (χ1) is 12.1. The van der Waals surface area contributed by atoms with E-state index in [1.807, 2.05) is 25.1 Å². The third kappa shape index (κ3) is 2.42. The van der Waals surface area contributed by atoms with E-state index in [1.165, 1.54) is 7.11 Å². The molecule has 1 aromatic carbocycles. The van der Waals surface area contributed by atoms with Gasteiger partial charge in [0.1, 0.15) is 17.4 Å². The van der Waals surface area contributed by atoms with Crippen LogP contribution in [0.25, 0.3) is 10.9 Å². The predicted octanol–water partition coefficient (Wildman–Crippen LogP) is 2.73. The molecule has 2 aliphatic rings. The zero-order valence-electron chi connectivity index (χ0n) is 14.9. The fraction of sp³-hybridized carbons (Fsp3) is 0.526. The molecule has 132 valence electrons. The zero-order valence-corrected chi connectivity index (χ0v) is 14.9. The van der Waals surface area contributed by atoms with Crippen LogP contribution < -0.4 is 9.64 Å². The lowest BCUT2D eigenvalue weighted by atomic mass is 9.81. The number of hydrogen-bond donors (Lipinski definition) is 0. The van der Waals surface area contributed by atoms with Gasteiger partial charge in [-0.25, -0.2) is 9.97 Å². The van der Waals surface area contributed by atoms with Crippen molar-refractivity contribution in [3.63, 3.8) is 0 Å². The van der Waals surface area contributed by atoms with E-state index in [0.29, 0.717) is 12.5 Å². The van der Waals surface area contributed by atoms with Crippen LogP contribution in [0.1, 0.15) is 25.1 Å². The van der Waals surface area contributed by atoms with Crippen LogP contribution in [0.4, 0.5) is 5.82 Å². The minimum atomic E-state index is -0.390. The van der Waals surface area contributed by atoms with E-state index in [-0.39, 0.29) is 5.97 Å². The molecule has 0 bridgehead atoms. The lowest BCUT2D eigenvalue weighted by Crippen LogP contribution is -2.37. The summed E-state index contributed by atoms with van der Waals surface area (Å²) >= 11 is 0. The maximum Gasteiger partial charge on any atom is 0.313 e. The highest BCUT2D eigenvalue weighted by molar-refractivity contribution is 5.91. The summed E-state index contributed by atoms with van der Waals surface area (Å²) in [6.07, 6.45) is 3.05. The Hall–Kier alpha value is -2.37. The van der Waals surface area contributed by atoms with E-state index in [2.05, 4.69) is 9.88 Å². The Morgan fingerprint density at radius 2 is 2.16 bits per heavy atom. The van der Waals surface area contributed by atoms with Gasteiger partial charge in [-0.1, -0.05) is 6.42 Å². The highest BCUT2D eigenvalue weighted by Gasteiger charge is 2.55. The summed E-state index contributed by atoms with van der Waals surface area (Å²) in [7, 11) is 3.15. The molecule has 2 fully saturated rings. The molecule has 1 aromatic heterocycles. The van der Waals surface area contributed by atoms with Gasteiger partial charge in [0, 0.05) is 18.5 Å². The van der Waals surface area contributed by atoms with Crippen LogP contribution in [0.2, 0.25) is 0 Å². The van der Waals surface area contributed by atoms with Crippen molar-refractivity contribution in [2.24, 2.45) is 11.3 Å². The Morgan fingerprint density at radius 3 is 2.92 bits per heavy atom. The van der Waals surface area contributed by atoms with E-state index in [4.69, 9.17) is 14.5 Å². The molecule has 25 heavy (non-hydrogen) atoms. The van der Waals surface area contributed by atoms with E-state index >= 15 is 0 Å². The van der Waals surface area contributed by atoms with Crippen molar-refractivity contribution >= 4 is 22.7 Å². The topological polar surface area (TPSA) is 64.5 Å². The fourth-order valence-electron chi connectivity index (χ4n) is 4.56. The Balaban J connectivity index is 1.79. The van der Waals surface area contributed by atoms with E-state index in [1.54, 1.807) is 7.11 Å². The summed E-state index contributed by atoms with van der Waals surface area (Å²) in [6.45, 7) is 3.39. The number of anilines is 1. The van der Waals surface area contributed by atoms with Crippen LogP contribution in [0.15, 0.2) is 18.2 Å². The van der Waals surface area contributed by atoms with Gasteiger partial charge < -0.3 is 14.4 Å².